The Balaban J connectivity index is 1.31. The molecule has 12 heteroatoms. The zero-order valence-corrected chi connectivity index (χ0v) is 20.0. The van der Waals surface area contributed by atoms with Crippen LogP contribution in [0.15, 0.2) is 53.7 Å². The lowest BCUT2D eigenvalue weighted by molar-refractivity contribution is 0.504. The van der Waals surface area contributed by atoms with E-state index in [0.29, 0.717) is 39.3 Å². The maximum Gasteiger partial charge on any atom is 0.254 e. The first-order valence-electron chi connectivity index (χ1n) is 11.6. The SMILES string of the molecule is Cc1ccc(-c2cnc(C3C4CC4c4nc(-c5cc(Cl)ccc5-n5cnnn5)cc(=O)n43)[nH]2)c(F)c1F. The standard InChI is InChI=1S/C25H17ClF2N8O/c1-11-2-4-13(22(28)21(11)27)18-9-29-24(31-18)23-14-7-15(14)25-32-17(8-20(37)36(23)25)16-6-12(26)3-5-19(16)35-10-30-33-34-35/h2-6,8-10,14-15,23H,7H2,1H3,(H,29,31). The van der Waals surface area contributed by atoms with Gasteiger partial charge in [-0.2, -0.15) is 4.68 Å². The number of aromatic nitrogens is 8. The van der Waals surface area contributed by atoms with Crippen LogP contribution in [-0.2, 0) is 0 Å². The highest BCUT2D eigenvalue weighted by Gasteiger charge is 2.55. The third-order valence-corrected chi connectivity index (χ3v) is 7.34. The summed E-state index contributed by atoms with van der Waals surface area (Å²) in [6.07, 6.45) is 3.77. The van der Waals surface area contributed by atoms with E-state index in [1.54, 1.807) is 22.8 Å². The number of hydrogen-bond donors (Lipinski definition) is 1. The van der Waals surface area contributed by atoms with Gasteiger partial charge in [-0.15, -0.1) is 5.10 Å². The minimum absolute atomic E-state index is 0.0873. The van der Waals surface area contributed by atoms with Crippen LogP contribution in [0.25, 0.3) is 28.2 Å². The summed E-state index contributed by atoms with van der Waals surface area (Å²) in [5.74, 6) is -0.435. The van der Waals surface area contributed by atoms with Crippen molar-refractivity contribution in [2.45, 2.75) is 25.3 Å². The third kappa shape index (κ3) is 3.34. The summed E-state index contributed by atoms with van der Waals surface area (Å²) in [6, 6.07) is 9.32. The van der Waals surface area contributed by atoms with Gasteiger partial charge in [0.2, 0.25) is 0 Å². The van der Waals surface area contributed by atoms with E-state index in [9.17, 15) is 13.6 Å². The monoisotopic (exact) mass is 518 g/mol. The first kappa shape index (κ1) is 22.0. The van der Waals surface area contributed by atoms with Gasteiger partial charge in [-0.3, -0.25) is 9.36 Å². The molecule has 1 fully saturated rings. The molecule has 1 N–H and O–H groups in total. The lowest BCUT2D eigenvalue weighted by Crippen LogP contribution is -2.27. The minimum atomic E-state index is -0.935. The molecule has 5 aromatic rings. The predicted octanol–water partition coefficient (Wildman–Crippen LogP) is 4.22. The van der Waals surface area contributed by atoms with Gasteiger partial charge >= 0.3 is 0 Å². The minimum Gasteiger partial charge on any atom is -0.340 e. The molecule has 1 saturated carbocycles. The van der Waals surface area contributed by atoms with Crippen molar-refractivity contribution < 1.29 is 8.78 Å². The summed E-state index contributed by atoms with van der Waals surface area (Å²) >= 11 is 6.27. The Morgan fingerprint density at radius 1 is 1.11 bits per heavy atom. The molecule has 3 unspecified atom stereocenters. The highest BCUT2D eigenvalue weighted by atomic mass is 35.5. The van der Waals surface area contributed by atoms with Crippen molar-refractivity contribution in [2.24, 2.45) is 5.92 Å². The number of aromatic amines is 1. The van der Waals surface area contributed by atoms with Crippen LogP contribution in [0, 0.1) is 24.5 Å². The van der Waals surface area contributed by atoms with E-state index in [1.807, 2.05) is 0 Å². The zero-order chi connectivity index (χ0) is 25.4. The maximum atomic E-state index is 14.6. The fraction of sp³-hybridized carbons (Fsp3) is 0.200. The van der Waals surface area contributed by atoms with Crippen LogP contribution in [0.1, 0.15) is 35.6 Å². The summed E-state index contributed by atoms with van der Waals surface area (Å²) in [6.45, 7) is 1.51. The second kappa shape index (κ2) is 7.87. The Bertz CT molecular complexity index is 1760. The van der Waals surface area contributed by atoms with E-state index in [0.717, 1.165) is 6.42 Å². The summed E-state index contributed by atoms with van der Waals surface area (Å²) in [7, 11) is 0. The largest absolute Gasteiger partial charge is 0.340 e. The van der Waals surface area contributed by atoms with Gasteiger partial charge in [-0.25, -0.2) is 18.7 Å². The molecule has 1 aliphatic carbocycles. The summed E-state index contributed by atoms with van der Waals surface area (Å²) in [5.41, 5.74) is 2.14. The van der Waals surface area contributed by atoms with E-state index < -0.39 is 11.6 Å². The van der Waals surface area contributed by atoms with E-state index in [4.69, 9.17) is 16.6 Å². The smallest absolute Gasteiger partial charge is 0.254 e. The summed E-state index contributed by atoms with van der Waals surface area (Å²) in [4.78, 5) is 25.9. The molecule has 3 aromatic heterocycles. The van der Waals surface area contributed by atoms with Crippen LogP contribution in [-0.4, -0.2) is 39.7 Å². The molecule has 0 spiro atoms. The van der Waals surface area contributed by atoms with Crippen molar-refractivity contribution in [2.75, 3.05) is 0 Å². The van der Waals surface area contributed by atoms with Gasteiger partial charge in [0.15, 0.2) is 11.6 Å². The molecular weight excluding hydrogens is 502 g/mol. The molecule has 2 aromatic carbocycles. The second-order valence-electron chi connectivity index (χ2n) is 9.31. The Kier molecular flexibility index (Phi) is 4.68. The Morgan fingerprint density at radius 2 is 1.97 bits per heavy atom. The lowest BCUT2D eigenvalue weighted by Gasteiger charge is -2.17. The van der Waals surface area contributed by atoms with Gasteiger partial charge in [0.25, 0.3) is 5.56 Å². The first-order valence-corrected chi connectivity index (χ1v) is 11.9. The molecule has 4 heterocycles. The van der Waals surface area contributed by atoms with Crippen molar-refractivity contribution in [3.8, 4) is 28.2 Å². The van der Waals surface area contributed by atoms with Crippen LogP contribution in [0.4, 0.5) is 8.78 Å². The number of nitrogens with one attached hydrogen (secondary N) is 1. The normalized spacial score (nSPS) is 19.6. The van der Waals surface area contributed by atoms with E-state index in [2.05, 4.69) is 25.5 Å². The number of H-pyrrole nitrogens is 1. The molecule has 0 amide bonds. The zero-order valence-electron chi connectivity index (χ0n) is 19.2. The number of fused-ring (bicyclic) bond motifs is 3. The number of aryl methyl sites for hydroxylation is 1. The summed E-state index contributed by atoms with van der Waals surface area (Å²) < 4.78 is 31.8. The highest BCUT2D eigenvalue weighted by molar-refractivity contribution is 6.31. The number of tetrazole rings is 1. The van der Waals surface area contributed by atoms with Gasteiger partial charge in [-0.05, 0) is 59.5 Å². The molecule has 0 saturated heterocycles. The van der Waals surface area contributed by atoms with Gasteiger partial charge in [-0.1, -0.05) is 17.7 Å². The molecular formula is C25H17ClF2N8O. The third-order valence-electron chi connectivity index (χ3n) is 7.11. The molecule has 3 atom stereocenters. The van der Waals surface area contributed by atoms with Gasteiger partial charge in [0.05, 0.1) is 29.3 Å². The fourth-order valence-corrected chi connectivity index (χ4v) is 5.40. The number of nitrogens with zero attached hydrogens (tertiary/aromatic N) is 7. The predicted molar refractivity (Wildman–Crippen MR) is 129 cm³/mol. The molecule has 7 rings (SSSR count). The van der Waals surface area contributed by atoms with E-state index in [-0.39, 0.29) is 34.6 Å². The van der Waals surface area contributed by atoms with Crippen molar-refractivity contribution in [3.05, 3.63) is 93.1 Å². The fourth-order valence-electron chi connectivity index (χ4n) is 5.23. The number of halogens is 3. The van der Waals surface area contributed by atoms with Crippen LogP contribution in [0.2, 0.25) is 5.02 Å². The van der Waals surface area contributed by atoms with Gasteiger partial charge < -0.3 is 4.98 Å². The van der Waals surface area contributed by atoms with Crippen LogP contribution >= 0.6 is 11.6 Å². The second-order valence-corrected chi connectivity index (χ2v) is 9.75. The molecule has 184 valence electrons. The molecule has 2 aliphatic rings. The van der Waals surface area contributed by atoms with Gasteiger partial charge in [0, 0.05) is 28.1 Å². The van der Waals surface area contributed by atoms with Crippen LogP contribution in [0.5, 0.6) is 0 Å². The lowest BCUT2D eigenvalue weighted by atomic mass is 10.1. The quantitative estimate of drug-likeness (QED) is 0.382. The number of benzene rings is 2. The number of rotatable bonds is 4. The molecule has 0 radical (unpaired) electrons. The Morgan fingerprint density at radius 3 is 2.78 bits per heavy atom. The van der Waals surface area contributed by atoms with Gasteiger partial charge in [0.1, 0.15) is 18.0 Å². The Labute approximate surface area is 212 Å². The average molecular weight is 519 g/mol. The van der Waals surface area contributed by atoms with E-state index in [1.165, 1.54) is 42.3 Å². The van der Waals surface area contributed by atoms with Crippen molar-refractivity contribution in [1.82, 2.24) is 39.7 Å². The highest BCUT2D eigenvalue weighted by Crippen LogP contribution is 2.59. The average Bonchev–Trinajstić information content (AvgIpc) is 3.23. The summed E-state index contributed by atoms with van der Waals surface area (Å²) in [5, 5.41) is 11.8. The van der Waals surface area contributed by atoms with Crippen molar-refractivity contribution >= 4 is 11.6 Å². The molecule has 9 nitrogen and oxygen atoms in total. The first-order chi connectivity index (χ1) is 17.9. The van der Waals surface area contributed by atoms with Crippen LogP contribution < -0.4 is 5.56 Å². The Hall–Kier alpha value is -4.25. The molecule has 37 heavy (non-hydrogen) atoms. The maximum absolute atomic E-state index is 14.6. The van der Waals surface area contributed by atoms with Crippen LogP contribution in [0.3, 0.4) is 0 Å². The topological polar surface area (TPSA) is 107 Å². The van der Waals surface area contributed by atoms with E-state index >= 15 is 0 Å². The number of imidazole rings is 1. The molecule has 0 bridgehead atoms. The number of hydrogen-bond acceptors (Lipinski definition) is 6. The van der Waals surface area contributed by atoms with Crippen molar-refractivity contribution in [3.63, 3.8) is 0 Å². The van der Waals surface area contributed by atoms with Crippen molar-refractivity contribution in [1.29, 1.82) is 0 Å². The molecule has 1 aliphatic heterocycles.